The van der Waals surface area contributed by atoms with Gasteiger partial charge in [0.15, 0.2) is 0 Å². The van der Waals surface area contributed by atoms with Crippen molar-refractivity contribution >= 4 is 58.0 Å². The normalized spacial score (nSPS) is 13.5. The summed E-state index contributed by atoms with van der Waals surface area (Å²) in [7, 11) is 0. The predicted octanol–water partition coefficient (Wildman–Crippen LogP) is 5.95. The van der Waals surface area contributed by atoms with Gasteiger partial charge in [-0.15, -0.1) is 0 Å². The van der Waals surface area contributed by atoms with Crippen molar-refractivity contribution in [1.82, 2.24) is 0 Å². The van der Waals surface area contributed by atoms with Crippen molar-refractivity contribution in [1.29, 1.82) is 0 Å². The lowest BCUT2D eigenvalue weighted by molar-refractivity contribution is -0.120. The Bertz CT molecular complexity index is 1380. The number of nitrogens with zero attached hydrogens (tertiary/aromatic N) is 1. The molecule has 34 heavy (non-hydrogen) atoms. The van der Waals surface area contributed by atoms with Gasteiger partial charge in [0.05, 0.1) is 5.69 Å². The van der Waals surface area contributed by atoms with E-state index < -0.39 is 11.8 Å². The van der Waals surface area contributed by atoms with Crippen LogP contribution in [0.3, 0.4) is 0 Å². The molecule has 3 aromatic carbocycles. The van der Waals surface area contributed by atoms with Crippen molar-refractivity contribution in [2.75, 3.05) is 15.5 Å². The summed E-state index contributed by atoms with van der Waals surface area (Å²) in [5.74, 6) is -1.50. The fourth-order valence-electron chi connectivity index (χ4n) is 3.65. The Labute approximate surface area is 207 Å². The Balaban J connectivity index is 1.56. The van der Waals surface area contributed by atoms with E-state index >= 15 is 0 Å². The number of hydrogen-bond acceptors (Lipinski definition) is 4. The number of rotatable bonds is 5. The van der Waals surface area contributed by atoms with Crippen LogP contribution in [0.1, 0.15) is 27.0 Å². The van der Waals surface area contributed by atoms with Crippen LogP contribution >= 0.6 is 23.2 Å². The number of benzene rings is 3. The molecule has 1 aliphatic rings. The van der Waals surface area contributed by atoms with Gasteiger partial charge in [0.1, 0.15) is 10.7 Å². The highest BCUT2D eigenvalue weighted by Gasteiger charge is 2.39. The average Bonchev–Trinajstić information content (AvgIpc) is 3.01. The number of aryl methyl sites for hydroxylation is 2. The molecule has 0 saturated carbocycles. The van der Waals surface area contributed by atoms with Crippen molar-refractivity contribution in [3.8, 4) is 0 Å². The van der Waals surface area contributed by atoms with Crippen molar-refractivity contribution in [3.63, 3.8) is 0 Å². The lowest BCUT2D eigenvalue weighted by Gasteiger charge is -2.18. The van der Waals surface area contributed by atoms with E-state index in [4.69, 9.17) is 23.2 Å². The zero-order valence-electron chi connectivity index (χ0n) is 18.7. The highest BCUT2D eigenvalue weighted by Crippen LogP contribution is 2.33. The Morgan fingerprint density at radius 3 is 2.32 bits per heavy atom. The van der Waals surface area contributed by atoms with Crippen LogP contribution in [0.2, 0.25) is 5.02 Å². The van der Waals surface area contributed by atoms with E-state index in [9.17, 15) is 14.4 Å². The summed E-state index contributed by atoms with van der Waals surface area (Å²) in [5.41, 5.74) is 4.47. The largest absolute Gasteiger partial charge is 0.350 e. The first kappa shape index (κ1) is 23.5. The first-order valence-corrected chi connectivity index (χ1v) is 11.2. The molecule has 0 bridgehead atoms. The van der Waals surface area contributed by atoms with Crippen LogP contribution in [0.15, 0.2) is 71.4 Å². The molecule has 2 N–H and O–H groups in total. The maximum Gasteiger partial charge on any atom is 0.283 e. The van der Waals surface area contributed by atoms with E-state index in [2.05, 4.69) is 10.6 Å². The van der Waals surface area contributed by atoms with Crippen LogP contribution in [0.5, 0.6) is 0 Å². The van der Waals surface area contributed by atoms with Gasteiger partial charge < -0.3 is 10.6 Å². The molecule has 1 heterocycles. The minimum atomic E-state index is -0.602. The summed E-state index contributed by atoms with van der Waals surface area (Å²) >= 11 is 12.2. The van der Waals surface area contributed by atoms with Crippen LogP contribution in [-0.4, -0.2) is 17.7 Å². The van der Waals surface area contributed by atoms with Crippen molar-refractivity contribution in [2.24, 2.45) is 0 Å². The summed E-state index contributed by atoms with van der Waals surface area (Å²) < 4.78 is 0. The zero-order valence-corrected chi connectivity index (χ0v) is 20.2. The molecule has 4 rings (SSSR count). The fourth-order valence-corrected chi connectivity index (χ4v) is 4.09. The Kier molecular flexibility index (Phi) is 6.46. The molecular formula is C26H21Cl2N3O3. The van der Waals surface area contributed by atoms with Gasteiger partial charge in [-0.2, -0.15) is 0 Å². The maximum absolute atomic E-state index is 13.1. The smallest absolute Gasteiger partial charge is 0.283 e. The Morgan fingerprint density at radius 2 is 1.59 bits per heavy atom. The average molecular weight is 494 g/mol. The van der Waals surface area contributed by atoms with E-state index in [-0.39, 0.29) is 16.6 Å². The van der Waals surface area contributed by atoms with Crippen molar-refractivity contribution in [2.45, 2.75) is 20.8 Å². The van der Waals surface area contributed by atoms with E-state index in [1.54, 1.807) is 54.6 Å². The molecule has 1 aliphatic heterocycles. The van der Waals surface area contributed by atoms with Crippen LogP contribution in [0.4, 0.5) is 17.1 Å². The van der Waals surface area contributed by atoms with Gasteiger partial charge in [0.2, 0.25) is 0 Å². The molecule has 0 unspecified atom stereocenters. The molecule has 0 aliphatic carbocycles. The van der Waals surface area contributed by atoms with Gasteiger partial charge in [0, 0.05) is 22.0 Å². The number of amides is 3. The summed E-state index contributed by atoms with van der Waals surface area (Å²) in [6.45, 7) is 5.59. The van der Waals surface area contributed by atoms with Gasteiger partial charge in [-0.3, -0.25) is 14.4 Å². The van der Waals surface area contributed by atoms with Crippen LogP contribution in [0.25, 0.3) is 0 Å². The van der Waals surface area contributed by atoms with Gasteiger partial charge in [0.25, 0.3) is 17.7 Å². The molecule has 0 atom stereocenters. The van der Waals surface area contributed by atoms with E-state index in [1.165, 1.54) is 0 Å². The van der Waals surface area contributed by atoms with E-state index in [0.717, 1.165) is 21.6 Å². The second-order valence-electron chi connectivity index (χ2n) is 7.97. The van der Waals surface area contributed by atoms with Gasteiger partial charge in [-0.05, 0) is 79.9 Å². The molecule has 0 aromatic heterocycles. The fraction of sp³-hybridized carbons (Fsp3) is 0.115. The molecule has 8 heteroatoms. The number of anilines is 3. The van der Waals surface area contributed by atoms with Crippen LogP contribution in [0, 0.1) is 20.8 Å². The monoisotopic (exact) mass is 493 g/mol. The minimum absolute atomic E-state index is 0.0429. The third kappa shape index (κ3) is 4.42. The van der Waals surface area contributed by atoms with Crippen LogP contribution < -0.4 is 15.5 Å². The number of nitrogens with one attached hydrogen (secondary N) is 2. The Morgan fingerprint density at radius 1 is 0.853 bits per heavy atom. The number of carbonyl (C=O) groups excluding carboxylic acids is 3. The maximum atomic E-state index is 13.1. The molecule has 0 radical (unpaired) electrons. The highest BCUT2D eigenvalue weighted by atomic mass is 35.5. The van der Waals surface area contributed by atoms with E-state index in [0.29, 0.717) is 27.6 Å². The summed E-state index contributed by atoms with van der Waals surface area (Å²) in [5, 5.41) is 6.14. The predicted molar refractivity (Wildman–Crippen MR) is 135 cm³/mol. The van der Waals surface area contributed by atoms with Crippen molar-refractivity contribution < 1.29 is 14.4 Å². The number of halogens is 2. The number of imide groups is 1. The third-order valence-corrected chi connectivity index (χ3v) is 6.26. The van der Waals surface area contributed by atoms with Gasteiger partial charge >= 0.3 is 0 Å². The molecule has 0 spiro atoms. The molecule has 3 aromatic rings. The molecule has 0 saturated heterocycles. The van der Waals surface area contributed by atoms with Crippen LogP contribution in [-0.2, 0) is 9.59 Å². The molecular weight excluding hydrogens is 473 g/mol. The van der Waals surface area contributed by atoms with E-state index in [1.807, 2.05) is 26.8 Å². The summed E-state index contributed by atoms with van der Waals surface area (Å²) in [6, 6.07) is 17.1. The SMILES string of the molecule is Cc1cc(Cl)ccc1NC(=O)c1cccc(NC2=C(Cl)C(=O)N(c3cccc(C)c3C)C2=O)c1. The van der Waals surface area contributed by atoms with Gasteiger partial charge in [-0.25, -0.2) is 4.90 Å². The lowest BCUT2D eigenvalue weighted by atomic mass is 10.1. The molecule has 0 fully saturated rings. The summed E-state index contributed by atoms with van der Waals surface area (Å²) in [4.78, 5) is 39.8. The number of hydrogen-bond donors (Lipinski definition) is 2. The second-order valence-corrected chi connectivity index (χ2v) is 8.79. The van der Waals surface area contributed by atoms with Crippen molar-refractivity contribution in [3.05, 3.63) is 98.7 Å². The quantitative estimate of drug-likeness (QED) is 0.430. The topological polar surface area (TPSA) is 78.5 Å². The summed E-state index contributed by atoms with van der Waals surface area (Å²) in [6.07, 6.45) is 0. The lowest BCUT2D eigenvalue weighted by Crippen LogP contribution is -2.33. The second kappa shape index (κ2) is 9.33. The first-order valence-electron chi connectivity index (χ1n) is 10.5. The third-order valence-electron chi connectivity index (χ3n) is 5.67. The zero-order chi connectivity index (χ0) is 24.6. The Hall–Kier alpha value is -3.61. The van der Waals surface area contributed by atoms with Gasteiger partial charge in [-0.1, -0.05) is 41.4 Å². The molecule has 6 nitrogen and oxygen atoms in total. The molecule has 3 amide bonds. The molecule has 172 valence electrons. The minimum Gasteiger partial charge on any atom is -0.350 e. The number of carbonyl (C=O) groups is 3. The standard InChI is InChI=1S/C26H21Cl2N3O3/c1-14-6-4-9-21(16(14)3)31-25(33)22(28)23(26(31)34)29-19-8-5-7-17(13-19)24(32)30-20-11-10-18(27)12-15(20)2/h4-13,29H,1-3H3,(H,30,32). The highest BCUT2D eigenvalue weighted by molar-refractivity contribution is 6.53. The first-order chi connectivity index (χ1) is 16.2.